The first-order chi connectivity index (χ1) is 8.23. The van der Waals surface area contributed by atoms with Crippen LogP contribution >= 0.6 is 0 Å². The van der Waals surface area contributed by atoms with Crippen LogP contribution in [0.1, 0.15) is 32.3 Å². The lowest BCUT2D eigenvalue weighted by atomic mass is 9.77. The Hall–Kier alpha value is -1.35. The maximum absolute atomic E-state index is 12.1. The van der Waals surface area contributed by atoms with Crippen LogP contribution in [0.5, 0.6) is 0 Å². The zero-order chi connectivity index (χ0) is 12.3. The van der Waals surface area contributed by atoms with E-state index in [1.807, 2.05) is 44.2 Å². The molecule has 2 atom stereocenters. The van der Waals surface area contributed by atoms with Gasteiger partial charge in [0.15, 0.2) is 0 Å². The highest BCUT2D eigenvalue weighted by Gasteiger charge is 2.49. The second kappa shape index (κ2) is 4.88. The summed E-state index contributed by atoms with van der Waals surface area (Å²) in [5, 5.41) is 0. The van der Waals surface area contributed by atoms with Gasteiger partial charge in [-0.3, -0.25) is 4.79 Å². The summed E-state index contributed by atoms with van der Waals surface area (Å²) < 4.78 is 10.7. The summed E-state index contributed by atoms with van der Waals surface area (Å²) in [6, 6.07) is 9.83. The fraction of sp³-hybridized carbons (Fsp3) is 0.500. The predicted molar refractivity (Wildman–Crippen MR) is 64.5 cm³/mol. The predicted octanol–water partition coefficient (Wildman–Crippen LogP) is 2.64. The SMILES string of the molecule is CCOC1CC(CC)(c2ccccc2)C(=O)O1. The molecule has 3 nitrogen and oxygen atoms in total. The first kappa shape index (κ1) is 12.1. The second-order valence-corrected chi connectivity index (χ2v) is 4.30. The van der Waals surface area contributed by atoms with E-state index in [4.69, 9.17) is 9.47 Å². The Bertz CT molecular complexity index is 388. The number of carbonyl (C=O) groups excluding carboxylic acids is 1. The van der Waals surface area contributed by atoms with Crippen LogP contribution < -0.4 is 0 Å². The molecule has 1 aliphatic rings. The molecule has 1 fully saturated rings. The van der Waals surface area contributed by atoms with Crippen molar-refractivity contribution in [3.63, 3.8) is 0 Å². The van der Waals surface area contributed by atoms with Gasteiger partial charge in [-0.2, -0.15) is 0 Å². The van der Waals surface area contributed by atoms with E-state index in [0.29, 0.717) is 13.0 Å². The van der Waals surface area contributed by atoms with Gasteiger partial charge in [0.2, 0.25) is 6.29 Å². The maximum atomic E-state index is 12.1. The van der Waals surface area contributed by atoms with Crippen molar-refractivity contribution in [2.24, 2.45) is 0 Å². The van der Waals surface area contributed by atoms with Crippen molar-refractivity contribution in [1.82, 2.24) is 0 Å². The monoisotopic (exact) mass is 234 g/mol. The molecule has 3 heteroatoms. The topological polar surface area (TPSA) is 35.5 Å². The van der Waals surface area contributed by atoms with Crippen LogP contribution in [0.2, 0.25) is 0 Å². The van der Waals surface area contributed by atoms with Crippen LogP contribution in [0.15, 0.2) is 30.3 Å². The molecular formula is C14H18O3. The number of esters is 1. The highest BCUT2D eigenvalue weighted by Crippen LogP contribution is 2.40. The van der Waals surface area contributed by atoms with Crippen molar-refractivity contribution >= 4 is 5.97 Å². The molecule has 92 valence electrons. The van der Waals surface area contributed by atoms with Crippen LogP contribution in [-0.2, 0) is 19.7 Å². The third-order valence-electron chi connectivity index (χ3n) is 3.43. The molecule has 2 rings (SSSR count). The Morgan fingerprint density at radius 1 is 1.35 bits per heavy atom. The number of cyclic esters (lactones) is 1. The molecule has 2 unspecified atom stereocenters. The molecule has 1 aliphatic heterocycles. The normalized spacial score (nSPS) is 28.1. The molecule has 1 aromatic carbocycles. The average Bonchev–Trinajstić information content (AvgIpc) is 2.68. The number of carbonyl (C=O) groups is 1. The lowest BCUT2D eigenvalue weighted by Crippen LogP contribution is -2.30. The van der Waals surface area contributed by atoms with Gasteiger partial charge in [-0.1, -0.05) is 37.3 Å². The Kier molecular flexibility index (Phi) is 3.48. The van der Waals surface area contributed by atoms with Crippen molar-refractivity contribution in [2.75, 3.05) is 6.61 Å². The van der Waals surface area contributed by atoms with Gasteiger partial charge in [-0.05, 0) is 18.9 Å². The Morgan fingerprint density at radius 2 is 2.06 bits per heavy atom. The maximum Gasteiger partial charge on any atom is 0.319 e. The third-order valence-corrected chi connectivity index (χ3v) is 3.43. The van der Waals surface area contributed by atoms with E-state index in [9.17, 15) is 4.79 Å². The van der Waals surface area contributed by atoms with Gasteiger partial charge in [0.05, 0.1) is 5.41 Å². The molecule has 0 aliphatic carbocycles. The van der Waals surface area contributed by atoms with E-state index in [1.54, 1.807) is 0 Å². The minimum atomic E-state index is -0.527. The van der Waals surface area contributed by atoms with Crippen LogP contribution in [0.25, 0.3) is 0 Å². The third kappa shape index (κ3) is 2.07. The van der Waals surface area contributed by atoms with E-state index in [1.165, 1.54) is 0 Å². The first-order valence-corrected chi connectivity index (χ1v) is 6.11. The molecule has 0 saturated carbocycles. The highest BCUT2D eigenvalue weighted by molar-refractivity contribution is 5.85. The minimum absolute atomic E-state index is 0.162. The van der Waals surface area contributed by atoms with Gasteiger partial charge >= 0.3 is 5.97 Å². The van der Waals surface area contributed by atoms with Gasteiger partial charge in [-0.15, -0.1) is 0 Å². The molecule has 1 aromatic rings. The van der Waals surface area contributed by atoms with E-state index < -0.39 is 11.7 Å². The van der Waals surface area contributed by atoms with E-state index in [-0.39, 0.29) is 5.97 Å². The molecule has 1 heterocycles. The summed E-state index contributed by atoms with van der Waals surface area (Å²) in [7, 11) is 0. The van der Waals surface area contributed by atoms with Crippen LogP contribution in [0.4, 0.5) is 0 Å². The van der Waals surface area contributed by atoms with E-state index in [0.717, 1.165) is 12.0 Å². The number of ether oxygens (including phenoxy) is 2. The van der Waals surface area contributed by atoms with Gasteiger partial charge in [0, 0.05) is 13.0 Å². The molecule has 0 amide bonds. The van der Waals surface area contributed by atoms with Crippen molar-refractivity contribution in [2.45, 2.75) is 38.4 Å². The molecule has 0 aromatic heterocycles. The van der Waals surface area contributed by atoms with Crippen molar-refractivity contribution < 1.29 is 14.3 Å². The molecular weight excluding hydrogens is 216 g/mol. The summed E-state index contributed by atoms with van der Waals surface area (Å²) in [6.07, 6.45) is 0.951. The average molecular weight is 234 g/mol. The first-order valence-electron chi connectivity index (χ1n) is 6.11. The zero-order valence-electron chi connectivity index (χ0n) is 10.3. The number of rotatable bonds is 4. The molecule has 0 bridgehead atoms. The lowest BCUT2D eigenvalue weighted by Gasteiger charge is -2.23. The highest BCUT2D eigenvalue weighted by atomic mass is 16.7. The van der Waals surface area contributed by atoms with Gasteiger partial charge in [0.1, 0.15) is 0 Å². The van der Waals surface area contributed by atoms with Crippen LogP contribution in [0, 0.1) is 0 Å². The van der Waals surface area contributed by atoms with Crippen LogP contribution in [-0.4, -0.2) is 18.9 Å². The smallest absolute Gasteiger partial charge is 0.319 e. The molecule has 0 radical (unpaired) electrons. The lowest BCUT2D eigenvalue weighted by molar-refractivity contribution is -0.163. The molecule has 1 saturated heterocycles. The van der Waals surface area contributed by atoms with E-state index >= 15 is 0 Å². The molecule has 0 spiro atoms. The van der Waals surface area contributed by atoms with E-state index in [2.05, 4.69) is 0 Å². The quantitative estimate of drug-likeness (QED) is 0.751. The largest absolute Gasteiger partial charge is 0.435 e. The summed E-state index contributed by atoms with van der Waals surface area (Å²) in [5.41, 5.74) is 0.496. The van der Waals surface area contributed by atoms with Crippen molar-refractivity contribution in [3.05, 3.63) is 35.9 Å². The second-order valence-electron chi connectivity index (χ2n) is 4.30. The zero-order valence-corrected chi connectivity index (χ0v) is 10.3. The van der Waals surface area contributed by atoms with Gasteiger partial charge < -0.3 is 9.47 Å². The Labute approximate surface area is 102 Å². The van der Waals surface area contributed by atoms with Crippen LogP contribution in [0.3, 0.4) is 0 Å². The fourth-order valence-corrected chi connectivity index (χ4v) is 2.41. The summed E-state index contributed by atoms with van der Waals surface area (Å²) in [6.45, 7) is 4.48. The van der Waals surface area contributed by atoms with Crippen molar-refractivity contribution in [1.29, 1.82) is 0 Å². The summed E-state index contributed by atoms with van der Waals surface area (Å²) >= 11 is 0. The van der Waals surface area contributed by atoms with Gasteiger partial charge in [-0.25, -0.2) is 0 Å². The Balaban J connectivity index is 2.29. The Morgan fingerprint density at radius 3 is 2.65 bits per heavy atom. The van der Waals surface area contributed by atoms with Crippen molar-refractivity contribution in [3.8, 4) is 0 Å². The fourth-order valence-electron chi connectivity index (χ4n) is 2.41. The minimum Gasteiger partial charge on any atom is -0.435 e. The molecule has 0 N–H and O–H groups in total. The standard InChI is InChI=1S/C14H18O3/c1-3-14(11-8-6-5-7-9-11)10-12(16-4-2)17-13(14)15/h5-9,12H,3-4,10H2,1-2H3. The summed E-state index contributed by atoms with van der Waals surface area (Å²) in [4.78, 5) is 12.1. The van der Waals surface area contributed by atoms with Gasteiger partial charge in [0.25, 0.3) is 0 Å². The number of hydrogen-bond donors (Lipinski definition) is 0. The number of benzene rings is 1. The number of hydrogen-bond acceptors (Lipinski definition) is 3. The summed E-state index contributed by atoms with van der Waals surface area (Å²) in [5.74, 6) is -0.162. The molecule has 17 heavy (non-hydrogen) atoms.